The Hall–Kier alpha value is -3.92. The van der Waals surface area contributed by atoms with Gasteiger partial charge in [0.05, 0.1) is 26.5 Å². The zero-order valence-corrected chi connectivity index (χ0v) is 19.8. The highest BCUT2D eigenvalue weighted by atomic mass is 32.2. The van der Waals surface area contributed by atoms with E-state index in [0.717, 1.165) is 22.9 Å². The van der Waals surface area contributed by atoms with E-state index in [9.17, 15) is 9.59 Å². The number of methoxy groups -OCH3 is 2. The molecule has 0 fully saturated rings. The molecule has 4 aromatic rings. The van der Waals surface area contributed by atoms with Gasteiger partial charge in [-0.1, -0.05) is 41.6 Å². The third-order valence-electron chi connectivity index (χ3n) is 4.99. The maximum absolute atomic E-state index is 13.2. The van der Waals surface area contributed by atoms with Crippen molar-refractivity contribution in [2.24, 2.45) is 0 Å². The number of benzene rings is 2. The van der Waals surface area contributed by atoms with Crippen LogP contribution in [-0.4, -0.2) is 45.4 Å². The fourth-order valence-electron chi connectivity index (χ4n) is 3.26. The minimum Gasteiger partial charge on any atom is -0.497 e. The molecule has 0 atom stereocenters. The van der Waals surface area contributed by atoms with E-state index >= 15 is 0 Å². The number of aryl methyl sites for hydroxylation is 1. The van der Waals surface area contributed by atoms with Crippen molar-refractivity contribution in [2.75, 3.05) is 25.3 Å². The van der Waals surface area contributed by atoms with Gasteiger partial charge in [0.15, 0.2) is 16.3 Å². The molecule has 0 aliphatic heterocycles. The molecule has 10 heteroatoms. The predicted molar refractivity (Wildman–Crippen MR) is 131 cm³/mol. The Morgan fingerprint density at radius 2 is 1.71 bits per heavy atom. The quantitative estimate of drug-likeness (QED) is 0.304. The van der Waals surface area contributed by atoms with Gasteiger partial charge in [0.25, 0.3) is 5.56 Å². The number of aromatic nitrogens is 4. The van der Waals surface area contributed by atoms with Crippen LogP contribution in [0, 0.1) is 6.92 Å². The van der Waals surface area contributed by atoms with E-state index in [2.05, 4.69) is 20.3 Å². The summed E-state index contributed by atoms with van der Waals surface area (Å²) in [6.07, 6.45) is 2.95. The van der Waals surface area contributed by atoms with Crippen molar-refractivity contribution in [2.45, 2.75) is 18.6 Å². The van der Waals surface area contributed by atoms with E-state index in [1.54, 1.807) is 18.2 Å². The average Bonchev–Trinajstić information content (AvgIpc) is 2.85. The fourth-order valence-corrected chi connectivity index (χ4v) is 4.05. The molecule has 9 nitrogen and oxygen atoms in total. The van der Waals surface area contributed by atoms with Crippen molar-refractivity contribution >= 4 is 34.5 Å². The van der Waals surface area contributed by atoms with Gasteiger partial charge in [-0.05, 0) is 12.5 Å². The maximum Gasteiger partial charge on any atom is 0.282 e. The Labute approximate surface area is 200 Å². The number of thioether (sulfide) groups is 1. The first-order chi connectivity index (χ1) is 16.5. The van der Waals surface area contributed by atoms with Crippen LogP contribution < -0.4 is 20.3 Å². The number of carbonyl (C=O) groups is 1. The number of carbonyl (C=O) groups excluding carboxylic acids is 1. The number of nitrogens with one attached hydrogen (secondary N) is 1. The van der Waals surface area contributed by atoms with Gasteiger partial charge in [0, 0.05) is 36.3 Å². The highest BCUT2D eigenvalue weighted by Crippen LogP contribution is 2.26. The van der Waals surface area contributed by atoms with E-state index in [1.807, 2.05) is 31.2 Å². The number of nitrogens with zero attached hydrogens (tertiary/aromatic N) is 4. The summed E-state index contributed by atoms with van der Waals surface area (Å²) in [5.41, 5.74) is 2.72. The first-order valence-electron chi connectivity index (χ1n) is 10.4. The van der Waals surface area contributed by atoms with Crippen LogP contribution in [-0.2, 0) is 11.3 Å². The Bertz CT molecular complexity index is 1370. The summed E-state index contributed by atoms with van der Waals surface area (Å²) in [4.78, 5) is 38.7. The fraction of sp³-hybridized carbons (Fsp3) is 0.208. The number of rotatable bonds is 8. The second-order valence-electron chi connectivity index (χ2n) is 7.44. The van der Waals surface area contributed by atoms with Gasteiger partial charge in [-0.15, -0.1) is 0 Å². The number of amides is 1. The molecule has 0 aliphatic carbocycles. The summed E-state index contributed by atoms with van der Waals surface area (Å²) in [6.45, 7) is 2.30. The third-order valence-corrected chi connectivity index (χ3v) is 5.96. The second-order valence-corrected chi connectivity index (χ2v) is 8.38. The predicted octanol–water partition coefficient (Wildman–Crippen LogP) is 3.29. The van der Waals surface area contributed by atoms with Crippen LogP contribution in [0.25, 0.3) is 11.2 Å². The highest BCUT2D eigenvalue weighted by Gasteiger charge is 2.16. The molecule has 0 saturated heterocycles. The van der Waals surface area contributed by atoms with Gasteiger partial charge in [0.1, 0.15) is 11.5 Å². The normalized spacial score (nSPS) is 10.8. The summed E-state index contributed by atoms with van der Waals surface area (Å²) in [5.74, 6) is 0.884. The summed E-state index contributed by atoms with van der Waals surface area (Å²) in [6, 6.07) is 13.0. The van der Waals surface area contributed by atoms with E-state index in [-0.39, 0.29) is 28.4 Å². The van der Waals surface area contributed by atoms with Crippen molar-refractivity contribution in [3.8, 4) is 11.5 Å². The van der Waals surface area contributed by atoms with Gasteiger partial charge in [-0.25, -0.2) is 15.0 Å². The number of anilines is 1. The zero-order valence-electron chi connectivity index (χ0n) is 18.9. The Balaban J connectivity index is 1.59. The lowest BCUT2D eigenvalue weighted by molar-refractivity contribution is -0.113. The second kappa shape index (κ2) is 10.3. The van der Waals surface area contributed by atoms with Crippen LogP contribution >= 0.6 is 11.8 Å². The van der Waals surface area contributed by atoms with Crippen LogP contribution in [0.5, 0.6) is 11.5 Å². The first kappa shape index (κ1) is 23.2. The first-order valence-corrected chi connectivity index (χ1v) is 11.4. The zero-order chi connectivity index (χ0) is 24.1. The number of hydrogen-bond donors (Lipinski definition) is 1. The number of ether oxygens (including phenoxy) is 2. The molecule has 34 heavy (non-hydrogen) atoms. The Kier molecular flexibility index (Phi) is 7.07. The van der Waals surface area contributed by atoms with Crippen molar-refractivity contribution in [1.82, 2.24) is 19.5 Å². The van der Waals surface area contributed by atoms with Crippen molar-refractivity contribution in [3.05, 3.63) is 76.3 Å². The summed E-state index contributed by atoms with van der Waals surface area (Å²) in [5, 5.41) is 3.21. The molecule has 1 N–H and O–H groups in total. The molecule has 2 aromatic heterocycles. The SMILES string of the molecule is COc1cc(NC(=O)CSc2nc3nccnc3c(=O)n2Cc2ccc(C)cc2)cc(OC)c1. The molecular formula is C24H23N5O4S. The topological polar surface area (TPSA) is 108 Å². The lowest BCUT2D eigenvalue weighted by Gasteiger charge is -2.13. The van der Waals surface area contributed by atoms with Gasteiger partial charge < -0.3 is 14.8 Å². The van der Waals surface area contributed by atoms with E-state index in [4.69, 9.17) is 9.47 Å². The van der Waals surface area contributed by atoms with E-state index in [1.165, 1.54) is 31.2 Å². The van der Waals surface area contributed by atoms with Crippen molar-refractivity contribution in [3.63, 3.8) is 0 Å². The highest BCUT2D eigenvalue weighted by molar-refractivity contribution is 7.99. The van der Waals surface area contributed by atoms with Gasteiger partial charge in [-0.3, -0.25) is 14.2 Å². The van der Waals surface area contributed by atoms with Crippen LogP contribution in [0.1, 0.15) is 11.1 Å². The molecule has 2 heterocycles. The summed E-state index contributed by atoms with van der Waals surface area (Å²) < 4.78 is 12.0. The number of hydrogen-bond acceptors (Lipinski definition) is 8. The Morgan fingerprint density at radius 3 is 2.38 bits per heavy atom. The van der Waals surface area contributed by atoms with Gasteiger partial charge >= 0.3 is 0 Å². The molecule has 174 valence electrons. The largest absolute Gasteiger partial charge is 0.497 e. The third kappa shape index (κ3) is 5.34. The van der Waals surface area contributed by atoms with Gasteiger partial charge in [-0.2, -0.15) is 0 Å². The van der Waals surface area contributed by atoms with Crippen LogP contribution in [0.3, 0.4) is 0 Å². The molecule has 0 aliphatic rings. The average molecular weight is 478 g/mol. The minimum atomic E-state index is -0.306. The lowest BCUT2D eigenvalue weighted by Crippen LogP contribution is -2.25. The van der Waals surface area contributed by atoms with Crippen molar-refractivity contribution in [1.29, 1.82) is 0 Å². The molecule has 4 rings (SSSR count). The molecule has 0 bridgehead atoms. The molecular weight excluding hydrogens is 454 g/mol. The molecule has 1 amide bonds. The van der Waals surface area contributed by atoms with Crippen LogP contribution in [0.2, 0.25) is 0 Å². The summed E-state index contributed by atoms with van der Waals surface area (Å²) in [7, 11) is 3.08. The molecule has 0 radical (unpaired) electrons. The molecule has 2 aromatic carbocycles. The maximum atomic E-state index is 13.2. The molecule has 0 saturated carbocycles. The standard InChI is InChI=1S/C24H23N5O4S/c1-15-4-6-16(7-5-15)13-29-23(31)21-22(26-9-8-25-21)28-24(29)34-14-20(30)27-17-10-18(32-2)12-19(11-17)33-3/h4-12H,13-14H2,1-3H3,(H,27,30). The molecule has 0 unspecified atom stereocenters. The Morgan fingerprint density at radius 1 is 1.03 bits per heavy atom. The van der Waals surface area contributed by atoms with Crippen LogP contribution in [0.15, 0.2) is 64.8 Å². The van der Waals surface area contributed by atoms with Crippen molar-refractivity contribution < 1.29 is 14.3 Å². The monoisotopic (exact) mass is 477 g/mol. The van der Waals surface area contributed by atoms with E-state index < -0.39 is 0 Å². The summed E-state index contributed by atoms with van der Waals surface area (Å²) >= 11 is 1.16. The van der Waals surface area contributed by atoms with Crippen LogP contribution in [0.4, 0.5) is 5.69 Å². The smallest absolute Gasteiger partial charge is 0.282 e. The van der Waals surface area contributed by atoms with Gasteiger partial charge in [0.2, 0.25) is 5.91 Å². The minimum absolute atomic E-state index is 0.0334. The number of fused-ring (bicyclic) bond motifs is 1. The molecule has 0 spiro atoms. The lowest BCUT2D eigenvalue weighted by atomic mass is 10.1. The van der Waals surface area contributed by atoms with E-state index in [0.29, 0.717) is 28.9 Å².